The molecule has 0 aromatic heterocycles. The maximum atomic E-state index is 14.7. The summed E-state index contributed by atoms with van der Waals surface area (Å²) in [6.07, 6.45) is -0.245. The molecule has 0 radical (unpaired) electrons. The van der Waals surface area contributed by atoms with Gasteiger partial charge in [0, 0.05) is 43.9 Å². The Morgan fingerprint density at radius 2 is 1.53 bits per heavy atom. The SMILES string of the molecule is O=C(O)c1c(F)ccc2c1OB(O)C(NC(=O)C(NC(=O)N1CCN(C3CCN(C(=O)Nc4cc(F)c(F)c(O)c4F)CC3)C(=O)C1=O)c1cc(F)c(O)c(O)c1Cl)C2. The number of nitrogens with one attached hydrogen (secondary N) is 3. The van der Waals surface area contributed by atoms with Crippen molar-refractivity contribution in [1.82, 2.24) is 25.3 Å². The topological polar surface area (TPSA) is 259 Å². The molecular weight excluding hydrogens is 826 g/mol. The molecule has 59 heavy (non-hydrogen) atoms. The predicted octanol–water partition coefficient (Wildman–Crippen LogP) is 2.11. The van der Waals surface area contributed by atoms with Crippen LogP contribution in [0, 0.1) is 29.1 Å². The number of hydrogen-bond donors (Lipinski definition) is 8. The van der Waals surface area contributed by atoms with E-state index in [2.05, 4.69) is 10.6 Å². The lowest BCUT2D eigenvalue weighted by atomic mass is 9.72. The van der Waals surface area contributed by atoms with Crippen LogP contribution >= 0.6 is 11.6 Å². The van der Waals surface area contributed by atoms with Gasteiger partial charge in [-0.1, -0.05) is 17.7 Å². The number of carbonyl (C=O) groups is 6. The van der Waals surface area contributed by atoms with E-state index in [1.807, 2.05) is 5.32 Å². The van der Waals surface area contributed by atoms with Crippen molar-refractivity contribution >= 4 is 60.2 Å². The van der Waals surface area contributed by atoms with Crippen LogP contribution in [0.5, 0.6) is 23.0 Å². The van der Waals surface area contributed by atoms with Gasteiger partial charge in [-0.2, -0.15) is 4.39 Å². The number of nitrogens with zero attached hydrogens (tertiary/aromatic N) is 3. The smallest absolute Gasteiger partial charge is 0.534 e. The van der Waals surface area contributed by atoms with Crippen molar-refractivity contribution < 1.29 is 80.8 Å². The number of aromatic hydroxyl groups is 3. The molecule has 312 valence electrons. The number of likely N-dealkylation sites (tertiary alicyclic amines) is 1. The molecule has 18 nitrogen and oxygen atoms in total. The van der Waals surface area contributed by atoms with E-state index in [-0.39, 0.29) is 44.5 Å². The monoisotopic (exact) mass is 854 g/mol. The molecule has 3 aromatic rings. The van der Waals surface area contributed by atoms with Gasteiger partial charge in [0.1, 0.15) is 23.2 Å². The fraction of sp³-hybridized carbons (Fsp3) is 0.294. The number of halogens is 6. The summed E-state index contributed by atoms with van der Waals surface area (Å²) < 4.78 is 75.4. The van der Waals surface area contributed by atoms with Gasteiger partial charge in [-0.3, -0.25) is 19.3 Å². The van der Waals surface area contributed by atoms with Crippen LogP contribution in [-0.2, 0) is 20.8 Å². The maximum Gasteiger partial charge on any atom is 0.547 e. The molecule has 2 unspecified atom stereocenters. The van der Waals surface area contributed by atoms with Crippen molar-refractivity contribution in [2.75, 3.05) is 31.5 Å². The number of benzene rings is 3. The molecule has 25 heteroatoms. The zero-order valence-corrected chi connectivity index (χ0v) is 30.5. The fourth-order valence-electron chi connectivity index (χ4n) is 6.79. The number of carboxylic acid groups (broad SMARTS) is 1. The Morgan fingerprint density at radius 3 is 2.19 bits per heavy atom. The number of carboxylic acids is 1. The third-order valence-corrected chi connectivity index (χ3v) is 10.3. The molecule has 3 aliphatic rings. The number of piperidine rings is 1. The third-order valence-electron chi connectivity index (χ3n) is 9.85. The van der Waals surface area contributed by atoms with Gasteiger partial charge in [-0.25, -0.2) is 31.9 Å². The van der Waals surface area contributed by atoms with E-state index in [1.165, 1.54) is 0 Å². The van der Waals surface area contributed by atoms with Crippen LogP contribution in [0.15, 0.2) is 24.3 Å². The number of urea groups is 2. The fourth-order valence-corrected chi connectivity index (χ4v) is 7.04. The standard InChI is InChI=1S/C34H29BClF5N6O12/c36-21-14(10-17(39)25(48)26(21)49)24(29(51)43-19-9-12-1-2-15(37)20(32(54)55)28(12)59-35(19)58)44-34(57)47-8-7-46(30(52)31(47)53)13-3-5-45(6-4-13)33(56)42-18-11-16(38)22(40)27(50)23(18)41/h1-2,10-11,13,19,24,48-50,58H,3-9H2,(H,42,56)(H,43,51)(H,44,57)(H,54,55). The van der Waals surface area contributed by atoms with Gasteiger partial charge in [0.2, 0.25) is 11.7 Å². The Kier molecular flexibility index (Phi) is 11.7. The Labute approximate surface area is 332 Å². The van der Waals surface area contributed by atoms with Crippen molar-refractivity contribution in [3.05, 3.63) is 75.1 Å². The quantitative estimate of drug-likeness (QED) is 0.0559. The summed E-state index contributed by atoms with van der Waals surface area (Å²) in [5.74, 6) is -19.5. The average Bonchev–Trinajstić information content (AvgIpc) is 3.20. The molecule has 0 saturated carbocycles. The first-order valence-corrected chi connectivity index (χ1v) is 17.6. The van der Waals surface area contributed by atoms with Crippen LogP contribution in [0.4, 0.5) is 37.2 Å². The minimum absolute atomic E-state index is 0.0282. The number of piperazine rings is 1. The largest absolute Gasteiger partial charge is 0.547 e. The molecule has 0 bridgehead atoms. The molecule has 3 aliphatic heterocycles. The molecule has 0 aliphatic carbocycles. The Balaban J connectivity index is 1.14. The lowest BCUT2D eigenvalue weighted by Crippen LogP contribution is -2.62. The van der Waals surface area contributed by atoms with Crippen LogP contribution < -0.4 is 20.6 Å². The number of aromatic carboxylic acids is 1. The van der Waals surface area contributed by atoms with Gasteiger partial charge < -0.3 is 55.9 Å². The molecule has 0 spiro atoms. The third kappa shape index (κ3) is 7.99. The van der Waals surface area contributed by atoms with Crippen molar-refractivity contribution in [1.29, 1.82) is 0 Å². The number of anilines is 1. The van der Waals surface area contributed by atoms with E-state index < -0.39 is 141 Å². The van der Waals surface area contributed by atoms with Crippen LogP contribution in [0.3, 0.4) is 0 Å². The number of carbonyl (C=O) groups excluding carboxylic acids is 5. The number of hydrogen-bond acceptors (Lipinski definition) is 11. The second-order valence-electron chi connectivity index (χ2n) is 13.4. The Bertz CT molecular complexity index is 2300. The summed E-state index contributed by atoms with van der Waals surface area (Å²) in [6, 6.07) is -2.40. The van der Waals surface area contributed by atoms with Crippen molar-refractivity contribution in [2.24, 2.45) is 0 Å². The Morgan fingerprint density at radius 1 is 0.847 bits per heavy atom. The number of phenolic OH excluding ortho intramolecular Hbond substituents is 3. The first-order chi connectivity index (χ1) is 27.8. The number of imide groups is 1. The molecule has 2 saturated heterocycles. The minimum Gasteiger partial charge on any atom is -0.534 e. The predicted molar refractivity (Wildman–Crippen MR) is 189 cm³/mol. The van der Waals surface area contributed by atoms with Crippen molar-refractivity contribution in [2.45, 2.75) is 37.3 Å². The second-order valence-corrected chi connectivity index (χ2v) is 13.7. The second kappa shape index (κ2) is 16.4. The molecule has 3 aromatic carbocycles. The van der Waals surface area contributed by atoms with Crippen LogP contribution in [0.2, 0.25) is 5.02 Å². The van der Waals surface area contributed by atoms with Gasteiger partial charge in [0.25, 0.3) is 0 Å². The van der Waals surface area contributed by atoms with Crippen LogP contribution in [0.1, 0.15) is 40.4 Å². The summed E-state index contributed by atoms with van der Waals surface area (Å²) in [5.41, 5.74) is -2.38. The van der Waals surface area contributed by atoms with E-state index in [9.17, 15) is 76.2 Å². The van der Waals surface area contributed by atoms with E-state index in [0.717, 1.165) is 21.9 Å². The van der Waals surface area contributed by atoms with E-state index in [0.29, 0.717) is 17.0 Å². The van der Waals surface area contributed by atoms with Gasteiger partial charge in [-0.05, 0) is 37.0 Å². The number of phenols is 3. The highest BCUT2D eigenvalue weighted by Crippen LogP contribution is 2.41. The van der Waals surface area contributed by atoms with Gasteiger partial charge in [0.05, 0.1) is 16.7 Å². The normalized spacial score (nSPS) is 17.6. The maximum absolute atomic E-state index is 14.7. The summed E-state index contributed by atoms with van der Waals surface area (Å²) >= 11 is 6.13. The average molecular weight is 855 g/mol. The molecule has 7 amide bonds. The molecule has 8 N–H and O–H groups in total. The Hall–Kier alpha value is -6.56. The molecule has 6 rings (SSSR count). The number of amides is 7. The lowest BCUT2D eigenvalue weighted by Gasteiger charge is -2.41. The molecular formula is C34H29BClF5N6O12. The highest BCUT2D eigenvalue weighted by Gasteiger charge is 2.44. The molecule has 2 fully saturated rings. The summed E-state index contributed by atoms with van der Waals surface area (Å²) in [6.45, 7) is -0.882. The number of fused-ring (bicyclic) bond motifs is 1. The van der Waals surface area contributed by atoms with Gasteiger partial charge in [-0.15, -0.1) is 0 Å². The van der Waals surface area contributed by atoms with Gasteiger partial charge in [0.15, 0.2) is 34.7 Å². The summed E-state index contributed by atoms with van der Waals surface area (Å²) in [7, 11) is -2.02. The summed E-state index contributed by atoms with van der Waals surface area (Å²) in [4.78, 5) is 81.0. The lowest BCUT2D eigenvalue weighted by molar-refractivity contribution is -0.156. The van der Waals surface area contributed by atoms with Gasteiger partial charge >= 0.3 is 37.0 Å². The highest BCUT2D eigenvalue weighted by molar-refractivity contribution is 6.47. The van der Waals surface area contributed by atoms with Crippen molar-refractivity contribution in [3.63, 3.8) is 0 Å². The van der Waals surface area contributed by atoms with E-state index in [1.54, 1.807) is 0 Å². The van der Waals surface area contributed by atoms with E-state index in [4.69, 9.17) is 16.3 Å². The molecule has 3 heterocycles. The van der Waals surface area contributed by atoms with Crippen molar-refractivity contribution in [3.8, 4) is 23.0 Å². The van der Waals surface area contributed by atoms with E-state index >= 15 is 0 Å². The van der Waals surface area contributed by atoms with Crippen LogP contribution in [-0.4, -0.2) is 121 Å². The van der Waals surface area contributed by atoms with Crippen LogP contribution in [0.25, 0.3) is 0 Å². The first kappa shape index (κ1) is 42.1. The zero-order chi connectivity index (χ0) is 43.2. The summed E-state index contributed by atoms with van der Waals surface area (Å²) in [5, 5.41) is 55.2. The minimum atomic E-state index is -2.13. The number of rotatable bonds is 7. The first-order valence-electron chi connectivity index (χ1n) is 17.3. The molecule has 2 atom stereocenters. The highest BCUT2D eigenvalue weighted by atomic mass is 35.5. The zero-order valence-electron chi connectivity index (χ0n) is 29.8.